The number of unbranched alkanes of at least 4 members (excludes halogenated alkanes) is 2. The lowest BCUT2D eigenvalue weighted by Gasteiger charge is -2.40. The van der Waals surface area contributed by atoms with Gasteiger partial charge in [0.15, 0.2) is 28.3 Å². The van der Waals surface area contributed by atoms with Gasteiger partial charge in [-0.1, -0.05) is 278 Å². The van der Waals surface area contributed by atoms with Crippen LogP contribution in [0.2, 0.25) is 5.02 Å². The predicted molar refractivity (Wildman–Crippen MR) is 562 cm³/mol. The molecule has 0 aliphatic carbocycles. The van der Waals surface area contributed by atoms with E-state index < -0.39 is 39.9 Å². The molecule has 149 heavy (non-hydrogen) atoms. The number of carbonyl (C=O) groups excluding carboxylic acids is 10. The maximum atomic E-state index is 13.5. The van der Waals surface area contributed by atoms with E-state index in [2.05, 4.69) is 77.6 Å². The van der Waals surface area contributed by atoms with Crippen LogP contribution in [0.1, 0.15) is 195 Å². The number of hydrogen-bond donors (Lipinski definition) is 0. The molecule has 25 heteroatoms. The zero-order valence-electron chi connectivity index (χ0n) is 82.4. The van der Waals surface area contributed by atoms with Crippen molar-refractivity contribution >= 4 is 70.7 Å². The SMILES string of the molecule is Cc1ccc(C23c4ccccc4C(=O)N2CCN3C(=O)CCCCc2ccccc2)cc1.Cc1ccc(C23c4ccccc4C(=O)N2CCN3C(=O)Cc2ccccc2)cc1.O=C(CCCCc1ccccc1)N1CCN2C(=O)c3ccccc3C12c1ccc(Cl)cc1.O=C(c1ccc(F)cc1)N1CCN2C(=O)c3ccccc3C12c1ccccn1.O=C(c1ccc(F)cc1)N1CCN2C(=O)c3ccccc3C12c1cccnc1. The van der Waals surface area contributed by atoms with Gasteiger partial charge in [-0.05, 0) is 178 Å². The molecule has 12 heterocycles. The molecule has 25 rings (SSSR count). The fourth-order valence-corrected chi connectivity index (χ4v) is 24.0. The second kappa shape index (κ2) is 41.1. The van der Waals surface area contributed by atoms with Gasteiger partial charge in [0, 0.05) is 191 Å². The Morgan fingerprint density at radius 3 is 0.953 bits per heavy atom. The Hall–Kier alpha value is -17.0. The van der Waals surface area contributed by atoms with Gasteiger partial charge in [-0.2, -0.15) is 0 Å². The summed E-state index contributed by atoms with van der Waals surface area (Å²) in [6.07, 6.45) is 11.8. The lowest BCUT2D eigenvalue weighted by Crippen LogP contribution is -2.52. The fraction of sp³-hybridized carbons (Fsp3) is 0.210. The number of halogens is 3. The molecular formula is C124H107ClF2N12O10. The largest absolute Gasteiger partial charge is 0.310 e. The van der Waals surface area contributed by atoms with Crippen LogP contribution in [0.3, 0.4) is 0 Å². The summed E-state index contributed by atoms with van der Waals surface area (Å²) < 4.78 is 26.7. The molecule has 5 fully saturated rings. The molecule has 5 unspecified atom stereocenters. The molecule has 10 amide bonds. The fourth-order valence-electron chi connectivity index (χ4n) is 23.9. The Kier molecular flexibility index (Phi) is 27.1. The summed E-state index contributed by atoms with van der Waals surface area (Å²) in [4.78, 5) is 160. The first kappa shape index (κ1) is 98.1. The molecular weight excluding hydrogens is 1890 g/mol. The van der Waals surface area contributed by atoms with Crippen LogP contribution in [-0.4, -0.2) is 183 Å². The Labute approximate surface area is 868 Å². The Balaban J connectivity index is 0.000000109. The van der Waals surface area contributed by atoms with Crippen molar-refractivity contribution in [2.75, 3.05) is 65.4 Å². The molecule has 15 aromatic rings. The lowest BCUT2D eigenvalue weighted by molar-refractivity contribution is -0.137. The van der Waals surface area contributed by atoms with Gasteiger partial charge in [0.25, 0.3) is 41.4 Å². The maximum absolute atomic E-state index is 13.5. The zero-order valence-corrected chi connectivity index (χ0v) is 83.1. The summed E-state index contributed by atoms with van der Waals surface area (Å²) in [6, 6.07) is 112. The average Bonchev–Trinajstić information content (AvgIpc) is 1.54. The number of fused-ring (bicyclic) bond motifs is 15. The smallest absolute Gasteiger partial charge is 0.256 e. The molecule has 2 aromatic heterocycles. The van der Waals surface area contributed by atoms with E-state index in [1.165, 1.54) is 59.7 Å². The van der Waals surface area contributed by atoms with Gasteiger partial charge in [-0.25, -0.2) is 8.78 Å². The van der Waals surface area contributed by atoms with E-state index in [0.29, 0.717) is 134 Å². The number of hydrogen-bond acceptors (Lipinski definition) is 12. The van der Waals surface area contributed by atoms with E-state index in [4.69, 9.17) is 11.6 Å². The molecule has 5 atom stereocenters. The first-order chi connectivity index (χ1) is 72.6. The zero-order chi connectivity index (χ0) is 103. The highest BCUT2D eigenvalue weighted by Gasteiger charge is 2.65. The van der Waals surface area contributed by atoms with Crippen molar-refractivity contribution in [1.82, 2.24) is 59.0 Å². The highest BCUT2D eigenvalue weighted by atomic mass is 35.5. The minimum absolute atomic E-state index is 0.00353. The number of aromatic nitrogens is 2. The van der Waals surface area contributed by atoms with E-state index in [-0.39, 0.29) is 59.1 Å². The van der Waals surface area contributed by atoms with Crippen LogP contribution in [0.4, 0.5) is 8.78 Å². The van der Waals surface area contributed by atoms with Gasteiger partial charge in [-0.3, -0.25) is 57.9 Å². The number of benzene rings is 13. The molecule has 10 aliphatic rings. The number of nitrogens with zero attached hydrogens (tertiary/aromatic N) is 12. The summed E-state index contributed by atoms with van der Waals surface area (Å²) in [5.74, 6) is -1.32. The van der Waals surface area contributed by atoms with Crippen LogP contribution < -0.4 is 0 Å². The molecule has 22 nitrogen and oxygen atoms in total. The first-order valence-corrected chi connectivity index (χ1v) is 51.0. The standard InChI is InChI=1S/C28H28N2O2.C27H25ClN2O2.C25H22N2O2.2C22H16FN3O2/c1-21-15-17-23(18-16-21)28-25-13-7-6-12-24(25)27(32)30(28)20-19-29(28)26(31)14-8-5-11-22-9-3-2-4-10-22;28-22-16-14-21(15-17-22)27-24-12-6-5-11-23(24)26(32)30(27)19-18-29(27)25(31)13-7-4-10-20-8-2-1-3-9-20;1-18-11-13-20(14-12-18)25-22-10-6-5-9-21(22)24(29)27(25)16-15-26(25)23(28)17-19-7-3-2-4-8-19;23-17-9-7-15(8-10-17)20(27)25-12-13-26-21(28)18-5-1-2-6-19(18)22(25,26)16-4-3-11-24-14-16;23-16-10-8-15(9-11-16)20(27)25-13-14-26-21(28)17-5-1-2-6-18(17)22(25,26)19-7-3-4-12-24-19/h2-4,6-7,9-10,12-13,15-18H,5,8,11,14,19-20H2,1H3;1-3,5-6,8-9,11-12,14-17H,4,7,10,13,18-19H2;2-14H,15-17H2,1H3;1-11,14H,12-13H2;1-12H,13-14H2. The van der Waals surface area contributed by atoms with Crippen molar-refractivity contribution in [2.45, 2.75) is 99.9 Å². The molecule has 5 saturated heterocycles. The Morgan fingerprint density at radius 2 is 0.597 bits per heavy atom. The third-order valence-corrected chi connectivity index (χ3v) is 30.7. The molecule has 744 valence electrons. The third kappa shape index (κ3) is 16.9. The van der Waals surface area contributed by atoms with Gasteiger partial charge in [0.1, 0.15) is 11.6 Å². The average molecular weight is 2000 g/mol. The van der Waals surface area contributed by atoms with Gasteiger partial charge < -0.3 is 49.0 Å². The number of aryl methyl sites for hydroxylation is 4. The molecule has 0 bridgehead atoms. The van der Waals surface area contributed by atoms with Crippen LogP contribution in [0.5, 0.6) is 0 Å². The normalized spacial score (nSPS) is 19.8. The minimum Gasteiger partial charge on any atom is -0.310 e. The maximum Gasteiger partial charge on any atom is 0.256 e. The van der Waals surface area contributed by atoms with Crippen molar-refractivity contribution < 1.29 is 56.7 Å². The van der Waals surface area contributed by atoms with Crippen LogP contribution in [-0.2, 0) is 62.0 Å². The summed E-state index contributed by atoms with van der Waals surface area (Å²) >= 11 is 6.16. The van der Waals surface area contributed by atoms with Crippen LogP contribution >= 0.6 is 11.6 Å². The van der Waals surface area contributed by atoms with Gasteiger partial charge in [0.05, 0.1) is 12.1 Å². The monoisotopic (exact) mass is 2000 g/mol. The van der Waals surface area contributed by atoms with Gasteiger partial charge in [-0.15, -0.1) is 0 Å². The van der Waals surface area contributed by atoms with Crippen molar-refractivity contribution in [3.8, 4) is 0 Å². The van der Waals surface area contributed by atoms with E-state index >= 15 is 0 Å². The highest BCUT2D eigenvalue weighted by Crippen LogP contribution is 2.56. The Morgan fingerprint density at radius 1 is 0.289 bits per heavy atom. The third-order valence-electron chi connectivity index (χ3n) is 30.4. The summed E-state index contributed by atoms with van der Waals surface area (Å²) in [5.41, 5.74) is 13.5. The quantitative estimate of drug-likeness (QED) is 0.0689. The lowest BCUT2D eigenvalue weighted by atomic mass is 9.89. The van der Waals surface area contributed by atoms with Crippen LogP contribution in [0.15, 0.2) is 383 Å². The number of carbonyl (C=O) groups is 10. The van der Waals surface area contributed by atoms with Gasteiger partial charge in [0.2, 0.25) is 17.7 Å². The van der Waals surface area contributed by atoms with Crippen molar-refractivity contribution in [1.29, 1.82) is 0 Å². The molecule has 0 saturated carbocycles. The van der Waals surface area contributed by atoms with E-state index in [0.717, 1.165) is 105 Å². The van der Waals surface area contributed by atoms with Crippen LogP contribution in [0.25, 0.3) is 0 Å². The molecule has 0 N–H and O–H groups in total. The Bertz CT molecular complexity index is 7280. The summed E-state index contributed by atoms with van der Waals surface area (Å²) in [7, 11) is 0. The molecule has 13 aromatic carbocycles. The first-order valence-electron chi connectivity index (χ1n) is 50.6. The van der Waals surface area contributed by atoms with Crippen molar-refractivity contribution in [2.24, 2.45) is 0 Å². The van der Waals surface area contributed by atoms with E-state index in [1.54, 1.807) is 62.5 Å². The van der Waals surface area contributed by atoms with Crippen molar-refractivity contribution in [3.05, 3.63) is 522 Å². The summed E-state index contributed by atoms with van der Waals surface area (Å²) in [5, 5.41) is 0.631. The van der Waals surface area contributed by atoms with Crippen LogP contribution in [0, 0.1) is 25.5 Å². The summed E-state index contributed by atoms with van der Waals surface area (Å²) in [6.45, 7) is 8.87. The molecule has 10 aliphatic heterocycles. The van der Waals surface area contributed by atoms with Gasteiger partial charge >= 0.3 is 0 Å². The number of pyridine rings is 2. The molecule has 0 radical (unpaired) electrons. The molecule has 0 spiro atoms. The second-order valence-corrected chi connectivity index (χ2v) is 39.1. The van der Waals surface area contributed by atoms with Crippen molar-refractivity contribution in [3.63, 3.8) is 0 Å². The second-order valence-electron chi connectivity index (χ2n) is 38.7. The van der Waals surface area contributed by atoms with E-state index in [1.807, 2.05) is 267 Å². The number of amides is 10. The minimum atomic E-state index is -1.10. The van der Waals surface area contributed by atoms with E-state index in [9.17, 15) is 56.7 Å². The highest BCUT2D eigenvalue weighted by molar-refractivity contribution is 6.30. The topological polar surface area (TPSA) is 229 Å². The number of rotatable bonds is 19. The predicted octanol–water partition coefficient (Wildman–Crippen LogP) is 20.0.